The maximum absolute atomic E-state index is 12.2. The van der Waals surface area contributed by atoms with Crippen molar-refractivity contribution in [2.24, 2.45) is 0 Å². The van der Waals surface area contributed by atoms with Gasteiger partial charge in [-0.2, -0.15) is 18.3 Å². The highest BCUT2D eigenvalue weighted by Crippen LogP contribution is 2.24. The van der Waals surface area contributed by atoms with Crippen molar-refractivity contribution in [3.8, 4) is 17.4 Å². The van der Waals surface area contributed by atoms with Crippen LogP contribution in [0.2, 0.25) is 0 Å². The molecule has 134 valence electrons. The Kier molecular flexibility index (Phi) is 4.83. The number of amides is 1. The van der Waals surface area contributed by atoms with Crippen LogP contribution < -0.4 is 10.1 Å². The van der Waals surface area contributed by atoms with Crippen LogP contribution in [0, 0.1) is 0 Å². The number of nitrogens with zero attached hydrogens (tertiary/aromatic N) is 4. The van der Waals surface area contributed by atoms with Crippen LogP contribution in [0.25, 0.3) is 5.82 Å². The van der Waals surface area contributed by atoms with Crippen LogP contribution in [0.4, 0.5) is 18.9 Å². The molecule has 0 saturated heterocycles. The number of alkyl halides is 3. The topological polar surface area (TPSA) is 81.9 Å². The van der Waals surface area contributed by atoms with Gasteiger partial charge in [0.1, 0.15) is 18.5 Å². The predicted molar refractivity (Wildman–Crippen MR) is 85.0 cm³/mol. The molecule has 0 aliphatic carbocycles. The van der Waals surface area contributed by atoms with Gasteiger partial charge in [0.05, 0.1) is 0 Å². The van der Waals surface area contributed by atoms with Gasteiger partial charge in [0.15, 0.2) is 5.82 Å². The van der Waals surface area contributed by atoms with Gasteiger partial charge in [-0.25, -0.2) is 14.6 Å². The van der Waals surface area contributed by atoms with E-state index in [0.717, 1.165) is 0 Å². The number of hydrogen-bond donors (Lipinski definition) is 1. The summed E-state index contributed by atoms with van der Waals surface area (Å²) in [6, 6.07) is 9.18. The molecule has 1 amide bonds. The summed E-state index contributed by atoms with van der Waals surface area (Å²) in [7, 11) is 0. The van der Waals surface area contributed by atoms with E-state index in [0.29, 0.717) is 11.6 Å². The summed E-state index contributed by atoms with van der Waals surface area (Å²) >= 11 is 0. The van der Waals surface area contributed by atoms with Crippen LogP contribution in [0.3, 0.4) is 0 Å². The van der Waals surface area contributed by atoms with E-state index in [1.54, 1.807) is 24.5 Å². The first kappa shape index (κ1) is 17.4. The van der Waals surface area contributed by atoms with Crippen LogP contribution in [0.1, 0.15) is 6.42 Å². The quantitative estimate of drug-likeness (QED) is 0.752. The molecule has 3 aromatic rings. The molecule has 0 bridgehead atoms. The predicted octanol–water partition coefficient (Wildman–Crippen LogP) is 3.35. The minimum absolute atomic E-state index is 0.228. The molecule has 0 unspecified atom stereocenters. The lowest BCUT2D eigenvalue weighted by Gasteiger charge is -2.09. The second kappa shape index (κ2) is 7.21. The van der Waals surface area contributed by atoms with Crippen molar-refractivity contribution in [2.45, 2.75) is 12.6 Å². The fourth-order valence-corrected chi connectivity index (χ4v) is 2.03. The van der Waals surface area contributed by atoms with Gasteiger partial charge in [-0.1, -0.05) is 0 Å². The second-order valence-electron chi connectivity index (χ2n) is 5.13. The van der Waals surface area contributed by atoms with Crippen molar-refractivity contribution in [3.05, 3.63) is 55.1 Å². The van der Waals surface area contributed by atoms with Gasteiger partial charge in [-0.05, 0) is 30.3 Å². The van der Waals surface area contributed by atoms with Gasteiger partial charge >= 0.3 is 6.18 Å². The van der Waals surface area contributed by atoms with Crippen molar-refractivity contribution >= 4 is 11.6 Å². The number of ether oxygens (including phenoxy) is 1. The maximum Gasteiger partial charge on any atom is 0.397 e. The third-order valence-corrected chi connectivity index (χ3v) is 3.09. The number of halogens is 3. The van der Waals surface area contributed by atoms with Gasteiger partial charge < -0.3 is 10.1 Å². The lowest BCUT2D eigenvalue weighted by molar-refractivity contribution is -0.150. The van der Waals surface area contributed by atoms with Crippen LogP contribution >= 0.6 is 0 Å². The van der Waals surface area contributed by atoms with Crippen LogP contribution in [-0.4, -0.2) is 31.8 Å². The molecule has 0 fully saturated rings. The summed E-state index contributed by atoms with van der Waals surface area (Å²) in [5.74, 6) is 0.0326. The molecule has 10 heteroatoms. The number of carbonyl (C=O) groups is 1. The molecule has 1 aromatic carbocycles. The molecule has 2 heterocycles. The van der Waals surface area contributed by atoms with E-state index in [-0.39, 0.29) is 11.6 Å². The molecular formula is C16H12F3N5O2. The Morgan fingerprint density at radius 2 is 1.96 bits per heavy atom. The maximum atomic E-state index is 12.2. The normalized spacial score (nSPS) is 11.2. The first-order valence-electron chi connectivity index (χ1n) is 7.36. The summed E-state index contributed by atoms with van der Waals surface area (Å²) in [5.41, 5.74) is 0.228. The average Bonchev–Trinajstić information content (AvgIpc) is 3.10. The molecular weight excluding hydrogens is 351 g/mol. The minimum atomic E-state index is -4.55. The Morgan fingerprint density at radius 1 is 1.19 bits per heavy atom. The zero-order chi connectivity index (χ0) is 18.6. The molecule has 0 aliphatic rings. The van der Waals surface area contributed by atoms with Gasteiger partial charge in [0, 0.05) is 24.1 Å². The van der Waals surface area contributed by atoms with Crippen LogP contribution in [0.5, 0.6) is 11.6 Å². The molecule has 2 aromatic heterocycles. The molecule has 0 spiro atoms. The summed E-state index contributed by atoms with van der Waals surface area (Å²) in [5, 5.41) is 6.22. The van der Waals surface area contributed by atoms with Crippen molar-refractivity contribution < 1.29 is 22.7 Å². The van der Waals surface area contributed by atoms with E-state index in [1.807, 2.05) is 0 Å². The number of benzene rings is 1. The zero-order valence-corrected chi connectivity index (χ0v) is 13.1. The van der Waals surface area contributed by atoms with Gasteiger partial charge in [-0.3, -0.25) is 4.79 Å². The van der Waals surface area contributed by atoms with Crippen LogP contribution in [0.15, 0.2) is 55.1 Å². The number of carbonyl (C=O) groups excluding carboxylic acids is 1. The molecule has 26 heavy (non-hydrogen) atoms. The van der Waals surface area contributed by atoms with Gasteiger partial charge in [0.2, 0.25) is 11.8 Å². The monoisotopic (exact) mass is 363 g/mol. The van der Waals surface area contributed by atoms with E-state index in [2.05, 4.69) is 20.4 Å². The Bertz CT molecular complexity index is 880. The van der Waals surface area contributed by atoms with E-state index in [9.17, 15) is 18.0 Å². The number of hydrogen-bond acceptors (Lipinski definition) is 5. The number of aromatic nitrogens is 4. The van der Waals surface area contributed by atoms with Crippen molar-refractivity contribution in [3.63, 3.8) is 0 Å². The Morgan fingerprint density at radius 3 is 2.62 bits per heavy atom. The summed E-state index contributed by atoms with van der Waals surface area (Å²) in [6.45, 7) is 0. The SMILES string of the molecule is O=C(CC(F)(F)F)Nc1ccc(Oc2cc(-n3cccn3)ncn2)cc1. The largest absolute Gasteiger partial charge is 0.439 e. The highest BCUT2D eigenvalue weighted by atomic mass is 19.4. The minimum Gasteiger partial charge on any atom is -0.439 e. The average molecular weight is 363 g/mol. The fraction of sp³-hybridized carbons (Fsp3) is 0.125. The summed E-state index contributed by atoms with van der Waals surface area (Å²) in [6.07, 6.45) is -1.45. The Balaban J connectivity index is 1.65. The fourth-order valence-electron chi connectivity index (χ4n) is 2.03. The smallest absolute Gasteiger partial charge is 0.397 e. The Hall–Kier alpha value is -3.43. The zero-order valence-electron chi connectivity index (χ0n) is 13.1. The van der Waals surface area contributed by atoms with E-state index in [4.69, 9.17) is 4.74 Å². The van der Waals surface area contributed by atoms with Gasteiger partial charge in [0.25, 0.3) is 0 Å². The third kappa shape index (κ3) is 4.79. The number of rotatable bonds is 5. The van der Waals surface area contributed by atoms with E-state index >= 15 is 0 Å². The first-order valence-corrected chi connectivity index (χ1v) is 7.36. The molecule has 0 saturated carbocycles. The van der Waals surface area contributed by atoms with Gasteiger partial charge in [-0.15, -0.1) is 0 Å². The highest BCUT2D eigenvalue weighted by molar-refractivity contribution is 5.91. The molecule has 0 aliphatic heterocycles. The molecule has 1 N–H and O–H groups in total. The summed E-state index contributed by atoms with van der Waals surface area (Å²) < 4.78 is 43.6. The lowest BCUT2D eigenvalue weighted by Crippen LogP contribution is -2.21. The summed E-state index contributed by atoms with van der Waals surface area (Å²) in [4.78, 5) is 19.3. The molecule has 3 rings (SSSR count). The number of anilines is 1. The molecule has 0 radical (unpaired) electrons. The number of nitrogens with one attached hydrogen (secondary N) is 1. The standard InChI is InChI=1S/C16H12F3N5O2/c17-16(18,19)9-14(25)23-11-2-4-12(5-3-11)26-15-8-13(20-10-21-15)24-7-1-6-22-24/h1-8,10H,9H2,(H,23,25). The van der Waals surface area contributed by atoms with Crippen molar-refractivity contribution in [1.82, 2.24) is 19.7 Å². The first-order chi connectivity index (χ1) is 12.4. The lowest BCUT2D eigenvalue weighted by atomic mass is 10.3. The third-order valence-electron chi connectivity index (χ3n) is 3.09. The second-order valence-corrected chi connectivity index (χ2v) is 5.13. The van der Waals surface area contributed by atoms with Crippen molar-refractivity contribution in [1.29, 1.82) is 0 Å². The van der Waals surface area contributed by atoms with E-state index < -0.39 is 18.5 Å². The van der Waals surface area contributed by atoms with Crippen molar-refractivity contribution in [2.75, 3.05) is 5.32 Å². The van der Waals surface area contributed by atoms with Crippen LogP contribution in [-0.2, 0) is 4.79 Å². The molecule has 0 atom stereocenters. The Labute approximate surface area is 145 Å². The highest BCUT2D eigenvalue weighted by Gasteiger charge is 2.31. The van der Waals surface area contributed by atoms with E-state index in [1.165, 1.54) is 35.3 Å². The molecule has 7 nitrogen and oxygen atoms in total.